The number of thiocarbonyl (C=S) groups is 1. The summed E-state index contributed by atoms with van der Waals surface area (Å²) in [5, 5.41) is 4.30. The molecule has 6 nitrogen and oxygen atoms in total. The first-order valence-corrected chi connectivity index (χ1v) is 12.2. The largest absolute Gasteiger partial charge is 0.462 e. The first-order valence-electron chi connectivity index (χ1n) is 11.0. The Morgan fingerprint density at radius 1 is 1.09 bits per heavy atom. The van der Waals surface area contributed by atoms with Gasteiger partial charge in [0.2, 0.25) is 0 Å². The van der Waals surface area contributed by atoms with Crippen molar-refractivity contribution in [2.24, 2.45) is 5.92 Å². The predicted octanol–water partition coefficient (Wildman–Crippen LogP) is 5.06. The number of carbonyl (C=O) groups excluding carboxylic acids is 2. The van der Waals surface area contributed by atoms with Gasteiger partial charge in [-0.1, -0.05) is 30.3 Å². The summed E-state index contributed by atoms with van der Waals surface area (Å²) < 4.78 is 10.4. The molecule has 0 unspecified atom stereocenters. The molecule has 172 valence electrons. The fraction of sp³-hybridized carbons (Fsp3) is 0.458. The summed E-state index contributed by atoms with van der Waals surface area (Å²) in [5.74, 6) is -0.282. The van der Waals surface area contributed by atoms with E-state index in [1.54, 1.807) is 20.8 Å². The third-order valence-corrected chi connectivity index (χ3v) is 7.12. The molecule has 1 aromatic heterocycles. The number of ether oxygens (including phenoxy) is 2. The minimum Gasteiger partial charge on any atom is -0.462 e. The van der Waals surface area contributed by atoms with Crippen molar-refractivity contribution in [3.05, 3.63) is 51.9 Å². The van der Waals surface area contributed by atoms with Crippen LogP contribution in [-0.4, -0.2) is 48.3 Å². The van der Waals surface area contributed by atoms with Gasteiger partial charge in [0.1, 0.15) is 9.88 Å². The van der Waals surface area contributed by atoms with Gasteiger partial charge in [-0.15, -0.1) is 11.3 Å². The van der Waals surface area contributed by atoms with Gasteiger partial charge < -0.3 is 19.7 Å². The molecule has 2 heterocycles. The predicted molar refractivity (Wildman–Crippen MR) is 132 cm³/mol. The Hall–Kier alpha value is -2.45. The Labute approximate surface area is 198 Å². The zero-order valence-corrected chi connectivity index (χ0v) is 20.4. The second-order valence-corrected chi connectivity index (χ2v) is 9.16. The van der Waals surface area contributed by atoms with E-state index in [0.717, 1.165) is 32.4 Å². The maximum Gasteiger partial charge on any atom is 0.348 e. The minimum absolute atomic E-state index is 0.252. The second-order valence-electron chi connectivity index (χ2n) is 7.75. The standard InChI is InChI=1S/C24H30N2O4S2/c1-4-29-22(27)19-16(3)20(23(28)30-5-2)32-21(19)25-24(31)26-13-11-18(12-14-26)15-17-9-7-6-8-10-17/h6-10,18H,4-5,11-15H2,1-3H3,(H,25,31). The molecule has 1 aliphatic rings. The van der Waals surface area contributed by atoms with Crippen molar-refractivity contribution in [2.75, 3.05) is 31.6 Å². The third-order valence-electron chi connectivity index (χ3n) is 5.58. The van der Waals surface area contributed by atoms with E-state index in [9.17, 15) is 9.59 Å². The third kappa shape index (κ3) is 5.86. The van der Waals surface area contributed by atoms with Crippen molar-refractivity contribution in [1.29, 1.82) is 0 Å². The lowest BCUT2D eigenvalue weighted by molar-refractivity contribution is 0.0527. The van der Waals surface area contributed by atoms with Gasteiger partial charge in [-0.2, -0.15) is 0 Å². The van der Waals surface area contributed by atoms with Crippen LogP contribution in [0.3, 0.4) is 0 Å². The smallest absolute Gasteiger partial charge is 0.348 e. The Kier molecular flexibility index (Phi) is 8.64. The first kappa shape index (κ1) is 24.2. The average Bonchev–Trinajstić information content (AvgIpc) is 3.11. The summed E-state index contributed by atoms with van der Waals surface area (Å²) in [6.07, 6.45) is 3.19. The van der Waals surface area contributed by atoms with Crippen molar-refractivity contribution in [3.63, 3.8) is 0 Å². The van der Waals surface area contributed by atoms with Crippen LogP contribution >= 0.6 is 23.6 Å². The normalized spacial score (nSPS) is 14.2. The number of carbonyl (C=O) groups is 2. The zero-order valence-electron chi connectivity index (χ0n) is 18.8. The highest BCUT2D eigenvalue weighted by Crippen LogP contribution is 2.35. The molecular formula is C24H30N2O4S2. The van der Waals surface area contributed by atoms with Gasteiger partial charge in [0, 0.05) is 13.1 Å². The van der Waals surface area contributed by atoms with Gasteiger partial charge >= 0.3 is 11.9 Å². The molecule has 0 aliphatic carbocycles. The number of esters is 2. The van der Waals surface area contributed by atoms with Crippen molar-refractivity contribution in [2.45, 2.75) is 40.0 Å². The monoisotopic (exact) mass is 474 g/mol. The van der Waals surface area contributed by atoms with Crippen molar-refractivity contribution >= 4 is 45.6 Å². The number of benzene rings is 1. The first-order chi connectivity index (χ1) is 15.4. The van der Waals surface area contributed by atoms with Gasteiger partial charge in [0.15, 0.2) is 5.11 Å². The number of likely N-dealkylation sites (tertiary alicyclic amines) is 1. The van der Waals surface area contributed by atoms with Gasteiger partial charge in [0.05, 0.1) is 18.8 Å². The van der Waals surface area contributed by atoms with Crippen LogP contribution < -0.4 is 5.32 Å². The molecule has 1 fully saturated rings. The molecule has 1 aliphatic heterocycles. The van der Waals surface area contributed by atoms with E-state index in [1.807, 2.05) is 6.07 Å². The topological polar surface area (TPSA) is 67.9 Å². The van der Waals surface area contributed by atoms with E-state index in [0.29, 0.717) is 32.0 Å². The molecule has 0 amide bonds. The highest BCUT2D eigenvalue weighted by Gasteiger charge is 2.28. The van der Waals surface area contributed by atoms with Crippen LogP contribution in [0.2, 0.25) is 0 Å². The fourth-order valence-electron chi connectivity index (χ4n) is 3.91. The summed E-state index contributed by atoms with van der Waals surface area (Å²) >= 11 is 6.84. The lowest BCUT2D eigenvalue weighted by atomic mass is 9.90. The summed E-state index contributed by atoms with van der Waals surface area (Å²) in [5.41, 5.74) is 2.27. The van der Waals surface area contributed by atoms with E-state index in [4.69, 9.17) is 21.7 Å². The van der Waals surface area contributed by atoms with E-state index in [-0.39, 0.29) is 13.2 Å². The number of nitrogens with zero attached hydrogens (tertiary/aromatic N) is 1. The summed E-state index contributed by atoms with van der Waals surface area (Å²) in [6, 6.07) is 10.6. The second kappa shape index (κ2) is 11.4. The molecule has 1 aromatic carbocycles. The molecule has 0 spiro atoms. The molecule has 8 heteroatoms. The Morgan fingerprint density at radius 3 is 2.34 bits per heavy atom. The van der Waals surface area contributed by atoms with E-state index >= 15 is 0 Å². The molecule has 0 saturated carbocycles. The molecule has 0 bridgehead atoms. The quantitative estimate of drug-likeness (QED) is 0.444. The SMILES string of the molecule is CCOC(=O)c1sc(NC(=S)N2CCC(Cc3ccccc3)CC2)c(C(=O)OCC)c1C. The van der Waals surface area contributed by atoms with Crippen LogP contribution in [0, 0.1) is 12.8 Å². The van der Waals surface area contributed by atoms with Crippen LogP contribution in [0.5, 0.6) is 0 Å². The van der Waals surface area contributed by atoms with E-state index in [2.05, 4.69) is 34.5 Å². The van der Waals surface area contributed by atoms with Crippen LogP contribution in [0.15, 0.2) is 30.3 Å². The Morgan fingerprint density at radius 2 is 1.72 bits per heavy atom. The molecule has 1 N–H and O–H groups in total. The fourth-order valence-corrected chi connectivity index (χ4v) is 5.34. The van der Waals surface area contributed by atoms with Gasteiger partial charge in [-0.05, 0) is 69.3 Å². The number of hydrogen-bond donors (Lipinski definition) is 1. The van der Waals surface area contributed by atoms with Crippen molar-refractivity contribution in [3.8, 4) is 0 Å². The van der Waals surface area contributed by atoms with Gasteiger partial charge in [-0.3, -0.25) is 0 Å². The van der Waals surface area contributed by atoms with Crippen molar-refractivity contribution < 1.29 is 19.1 Å². The van der Waals surface area contributed by atoms with E-state index in [1.165, 1.54) is 16.9 Å². The number of hydrogen-bond acceptors (Lipinski definition) is 6. The number of piperidine rings is 1. The Balaban J connectivity index is 1.68. The summed E-state index contributed by atoms with van der Waals surface area (Å²) in [7, 11) is 0. The van der Waals surface area contributed by atoms with Crippen LogP contribution in [0.4, 0.5) is 5.00 Å². The summed E-state index contributed by atoms with van der Waals surface area (Å²) in [6.45, 7) is 7.47. The van der Waals surface area contributed by atoms with Crippen LogP contribution in [0.1, 0.15) is 57.8 Å². The van der Waals surface area contributed by atoms with Gasteiger partial charge in [0.25, 0.3) is 0 Å². The molecule has 0 atom stereocenters. The molecular weight excluding hydrogens is 444 g/mol. The lowest BCUT2D eigenvalue weighted by Crippen LogP contribution is -2.41. The number of rotatable bonds is 7. The highest BCUT2D eigenvalue weighted by molar-refractivity contribution is 7.80. The minimum atomic E-state index is -0.469. The van der Waals surface area contributed by atoms with Crippen molar-refractivity contribution in [1.82, 2.24) is 4.90 Å². The molecule has 32 heavy (non-hydrogen) atoms. The molecule has 0 radical (unpaired) electrons. The molecule has 3 rings (SSSR count). The average molecular weight is 475 g/mol. The zero-order chi connectivity index (χ0) is 23.1. The lowest BCUT2D eigenvalue weighted by Gasteiger charge is -2.33. The molecule has 2 aromatic rings. The Bertz CT molecular complexity index is 950. The maximum atomic E-state index is 12.6. The molecule has 1 saturated heterocycles. The number of nitrogens with one attached hydrogen (secondary N) is 1. The highest BCUT2D eigenvalue weighted by atomic mass is 32.1. The number of anilines is 1. The van der Waals surface area contributed by atoms with Gasteiger partial charge in [-0.25, -0.2) is 9.59 Å². The summed E-state index contributed by atoms with van der Waals surface area (Å²) in [4.78, 5) is 27.5. The van der Waals surface area contributed by atoms with Crippen LogP contribution in [-0.2, 0) is 15.9 Å². The van der Waals surface area contributed by atoms with E-state index < -0.39 is 11.9 Å². The van der Waals surface area contributed by atoms with Crippen LogP contribution in [0.25, 0.3) is 0 Å². The maximum absolute atomic E-state index is 12.6. The number of thiophene rings is 1.